The van der Waals surface area contributed by atoms with Crippen molar-refractivity contribution in [2.45, 2.75) is 34.1 Å². The summed E-state index contributed by atoms with van der Waals surface area (Å²) in [6.45, 7) is 7.77. The molecule has 0 saturated carbocycles. The minimum absolute atomic E-state index is 0.0509. The maximum Gasteiger partial charge on any atom is 0.165 e. The first kappa shape index (κ1) is 11.7. The molecule has 1 atom stereocenters. The van der Waals surface area contributed by atoms with Crippen LogP contribution in [0.25, 0.3) is 0 Å². The van der Waals surface area contributed by atoms with Gasteiger partial charge in [-0.15, -0.1) is 0 Å². The van der Waals surface area contributed by atoms with Crippen molar-refractivity contribution in [2.24, 2.45) is 11.3 Å². The van der Waals surface area contributed by atoms with Gasteiger partial charge >= 0.3 is 0 Å². The first-order valence-electron chi connectivity index (χ1n) is 5.92. The Morgan fingerprint density at radius 2 is 2.12 bits per heavy atom. The third kappa shape index (κ3) is 3.97. The summed E-state index contributed by atoms with van der Waals surface area (Å²) in [5.41, 5.74) is 0.462. The smallest absolute Gasteiger partial charge is 0.165 e. The van der Waals surface area contributed by atoms with E-state index in [2.05, 4.69) is 0 Å². The third-order valence-electron chi connectivity index (χ3n) is 2.27. The highest BCUT2D eigenvalue weighted by atomic mass is 35.5. The predicted molar refractivity (Wildman–Crippen MR) is 69.0 cm³/mol. The fourth-order valence-corrected chi connectivity index (χ4v) is 1.94. The van der Waals surface area contributed by atoms with Crippen LogP contribution in [-0.4, -0.2) is 5.78 Å². The van der Waals surface area contributed by atoms with Gasteiger partial charge in [-0.05, 0) is 24.0 Å². The van der Waals surface area contributed by atoms with Crippen molar-refractivity contribution in [3.63, 3.8) is 0 Å². The number of ketones is 1. The lowest BCUT2D eigenvalue weighted by molar-refractivity contribution is 0.0897. The van der Waals surface area contributed by atoms with Gasteiger partial charge in [0.25, 0.3) is 0 Å². The van der Waals surface area contributed by atoms with Crippen molar-refractivity contribution in [1.82, 2.24) is 0 Å². The van der Waals surface area contributed by atoms with E-state index in [1.54, 1.807) is 31.2 Å². The molecule has 0 saturated heterocycles. The monoisotopic (exact) mass is 239 g/mol. The molecule has 16 heavy (non-hydrogen) atoms. The molecule has 0 heterocycles. The van der Waals surface area contributed by atoms with Gasteiger partial charge in [-0.1, -0.05) is 51.4 Å². The SMILES string of the molecule is [2H][C@](C)(CC(C)(C)C)C(=O)c1cccc(Cl)c1. The number of rotatable bonds is 3. The van der Waals surface area contributed by atoms with E-state index >= 15 is 0 Å². The van der Waals surface area contributed by atoms with Gasteiger partial charge in [0.1, 0.15) is 0 Å². The molecule has 1 aromatic carbocycles. The Morgan fingerprint density at radius 3 is 2.62 bits per heavy atom. The molecule has 0 spiro atoms. The van der Waals surface area contributed by atoms with E-state index in [-0.39, 0.29) is 11.2 Å². The maximum atomic E-state index is 12.3. The van der Waals surface area contributed by atoms with Crippen LogP contribution < -0.4 is 0 Å². The lowest BCUT2D eigenvalue weighted by Gasteiger charge is -2.22. The van der Waals surface area contributed by atoms with Crippen LogP contribution >= 0.6 is 11.6 Å². The maximum absolute atomic E-state index is 12.3. The zero-order valence-corrected chi connectivity index (χ0v) is 11.1. The first-order valence-corrected chi connectivity index (χ1v) is 5.80. The lowest BCUT2D eigenvalue weighted by Crippen LogP contribution is -2.18. The molecule has 0 radical (unpaired) electrons. The molecule has 88 valence electrons. The normalized spacial score (nSPS) is 16.4. The van der Waals surface area contributed by atoms with E-state index < -0.39 is 5.89 Å². The summed E-state index contributed by atoms with van der Waals surface area (Å²) in [5, 5.41) is 0.530. The van der Waals surface area contributed by atoms with Gasteiger partial charge in [-0.25, -0.2) is 0 Å². The van der Waals surface area contributed by atoms with Crippen LogP contribution in [0.2, 0.25) is 5.02 Å². The topological polar surface area (TPSA) is 17.1 Å². The molecule has 0 aliphatic rings. The molecule has 0 aliphatic carbocycles. The van der Waals surface area contributed by atoms with Gasteiger partial charge in [0, 0.05) is 17.9 Å². The van der Waals surface area contributed by atoms with Gasteiger partial charge < -0.3 is 0 Å². The zero-order valence-electron chi connectivity index (χ0n) is 11.3. The molecule has 0 aliphatic heterocycles. The number of halogens is 1. The Morgan fingerprint density at radius 1 is 1.50 bits per heavy atom. The predicted octanol–water partition coefficient (Wildman–Crippen LogP) is 4.60. The number of carbonyl (C=O) groups is 1. The minimum atomic E-state index is -1.11. The summed E-state index contributed by atoms with van der Waals surface area (Å²) in [6.07, 6.45) is 0.519. The number of Topliss-reactive ketones (excluding diaryl/α,β-unsaturated/α-hetero) is 1. The molecule has 0 fully saturated rings. The molecule has 0 aromatic heterocycles. The molecular weight excluding hydrogens is 220 g/mol. The standard InChI is InChI=1S/C14H19ClO/c1-10(9-14(2,3)4)13(16)11-6-5-7-12(15)8-11/h5-8,10H,9H2,1-4H3/t10-/m0/s1/i10D. The van der Waals surface area contributed by atoms with Gasteiger partial charge in [-0.3, -0.25) is 4.79 Å². The molecule has 1 rings (SSSR count). The van der Waals surface area contributed by atoms with Crippen LogP contribution in [0.5, 0.6) is 0 Å². The molecule has 0 amide bonds. The molecule has 0 unspecified atom stereocenters. The van der Waals surface area contributed by atoms with E-state index in [1.165, 1.54) is 0 Å². The van der Waals surface area contributed by atoms with Crippen molar-refractivity contribution in [1.29, 1.82) is 0 Å². The Kier molecular flexibility index (Phi) is 3.65. The lowest BCUT2D eigenvalue weighted by atomic mass is 9.82. The average molecular weight is 240 g/mol. The summed E-state index contributed by atoms with van der Waals surface area (Å²) in [6, 6.07) is 6.80. The summed E-state index contributed by atoms with van der Waals surface area (Å²) >= 11 is 5.86. The third-order valence-corrected chi connectivity index (χ3v) is 2.51. The highest BCUT2D eigenvalue weighted by Gasteiger charge is 2.21. The zero-order chi connectivity index (χ0) is 13.3. The van der Waals surface area contributed by atoms with Gasteiger partial charge in [-0.2, -0.15) is 0 Å². The van der Waals surface area contributed by atoms with Gasteiger partial charge in [0.2, 0.25) is 0 Å². The summed E-state index contributed by atoms with van der Waals surface area (Å²) in [4.78, 5) is 12.3. The molecule has 0 N–H and O–H groups in total. The molecule has 1 nitrogen and oxygen atoms in total. The Labute approximate surface area is 104 Å². The molecule has 0 bridgehead atoms. The average Bonchev–Trinajstić information content (AvgIpc) is 2.12. The number of hydrogen-bond donors (Lipinski definition) is 0. The molecular formula is C14H19ClO. The van der Waals surface area contributed by atoms with Gasteiger partial charge in [0.05, 0.1) is 0 Å². The Balaban J connectivity index is 2.96. The summed E-state index contributed by atoms with van der Waals surface area (Å²) < 4.78 is 8.20. The van der Waals surface area contributed by atoms with Crippen LogP contribution in [0.3, 0.4) is 0 Å². The van der Waals surface area contributed by atoms with E-state index in [1.807, 2.05) is 20.8 Å². The summed E-state index contributed by atoms with van der Waals surface area (Å²) in [5.74, 6) is -1.28. The molecule has 1 aromatic rings. The van der Waals surface area contributed by atoms with E-state index in [9.17, 15) is 4.79 Å². The first-order chi connectivity index (χ1) is 7.62. The molecule has 2 heteroatoms. The largest absolute Gasteiger partial charge is 0.294 e. The Hall–Kier alpha value is -0.820. The fraction of sp³-hybridized carbons (Fsp3) is 0.500. The highest BCUT2D eigenvalue weighted by Crippen LogP contribution is 2.26. The van der Waals surface area contributed by atoms with Crippen LogP contribution in [0.15, 0.2) is 24.3 Å². The van der Waals surface area contributed by atoms with E-state index in [0.29, 0.717) is 17.0 Å². The van der Waals surface area contributed by atoms with Crippen molar-refractivity contribution in [3.05, 3.63) is 34.9 Å². The van der Waals surface area contributed by atoms with Crippen LogP contribution in [0, 0.1) is 11.3 Å². The van der Waals surface area contributed by atoms with E-state index in [0.717, 1.165) is 0 Å². The summed E-state index contributed by atoms with van der Waals surface area (Å²) in [7, 11) is 0. The number of benzene rings is 1. The van der Waals surface area contributed by atoms with Crippen LogP contribution in [0.4, 0.5) is 0 Å². The Bertz CT molecular complexity index is 418. The number of carbonyl (C=O) groups excluding carboxylic acids is 1. The second kappa shape index (κ2) is 5.01. The van der Waals surface area contributed by atoms with Crippen LogP contribution in [0.1, 0.15) is 45.8 Å². The van der Waals surface area contributed by atoms with Crippen molar-refractivity contribution < 1.29 is 6.17 Å². The minimum Gasteiger partial charge on any atom is -0.294 e. The van der Waals surface area contributed by atoms with Crippen molar-refractivity contribution >= 4 is 17.4 Å². The van der Waals surface area contributed by atoms with Gasteiger partial charge in [0.15, 0.2) is 5.78 Å². The van der Waals surface area contributed by atoms with Crippen molar-refractivity contribution in [2.75, 3.05) is 0 Å². The van der Waals surface area contributed by atoms with Crippen LogP contribution in [-0.2, 0) is 0 Å². The second-order valence-corrected chi connectivity index (χ2v) is 5.79. The quantitative estimate of drug-likeness (QED) is 0.705. The number of hydrogen-bond acceptors (Lipinski definition) is 1. The van der Waals surface area contributed by atoms with E-state index in [4.69, 9.17) is 13.0 Å². The fourth-order valence-electron chi connectivity index (χ4n) is 1.75. The van der Waals surface area contributed by atoms with Crippen molar-refractivity contribution in [3.8, 4) is 0 Å². The highest BCUT2D eigenvalue weighted by molar-refractivity contribution is 6.31. The second-order valence-electron chi connectivity index (χ2n) is 5.36.